The molecule has 168 valence electrons. The molecule has 0 radical (unpaired) electrons. The molecule has 0 aromatic heterocycles. The van der Waals surface area contributed by atoms with Crippen LogP contribution in [-0.2, 0) is 9.59 Å². The molecule has 1 unspecified atom stereocenters. The van der Waals surface area contributed by atoms with Crippen LogP contribution < -0.4 is 10.2 Å². The standard InChI is InChI=1S/C26H32N4O2/c1-4-28-13-15-29(16-14-28)22-9-10-24(19(2)17-22)27-26(32)18-25-23-8-6-5-7-21(23)11-12-30(25)20(3)31/h5-12,17,25H,4,13-16,18H2,1-3H3,(H,27,32). The normalized spacial score (nSPS) is 18.4. The van der Waals surface area contributed by atoms with Gasteiger partial charge in [-0.05, 0) is 54.4 Å². The number of aryl methyl sites for hydroxylation is 1. The molecule has 1 N–H and O–H groups in total. The van der Waals surface area contributed by atoms with E-state index in [9.17, 15) is 9.59 Å². The molecule has 0 aliphatic carbocycles. The Hall–Kier alpha value is -3.12. The number of likely N-dealkylation sites (N-methyl/N-ethyl adjacent to an activating group) is 1. The molecule has 32 heavy (non-hydrogen) atoms. The van der Waals surface area contributed by atoms with Crippen LogP contribution in [0.3, 0.4) is 0 Å². The largest absolute Gasteiger partial charge is 0.369 e. The third-order valence-electron chi connectivity index (χ3n) is 6.52. The van der Waals surface area contributed by atoms with Gasteiger partial charge in [0.1, 0.15) is 0 Å². The summed E-state index contributed by atoms with van der Waals surface area (Å²) in [6.07, 6.45) is 3.91. The number of fused-ring (bicyclic) bond motifs is 1. The minimum Gasteiger partial charge on any atom is -0.369 e. The Kier molecular flexibility index (Phi) is 6.61. The van der Waals surface area contributed by atoms with Crippen molar-refractivity contribution in [3.63, 3.8) is 0 Å². The van der Waals surface area contributed by atoms with Crippen LogP contribution in [0.2, 0.25) is 0 Å². The molecule has 6 nitrogen and oxygen atoms in total. The maximum atomic E-state index is 13.0. The maximum Gasteiger partial charge on any atom is 0.226 e. The number of carbonyl (C=O) groups is 2. The summed E-state index contributed by atoms with van der Waals surface area (Å²) < 4.78 is 0. The van der Waals surface area contributed by atoms with Crippen LogP contribution in [0.4, 0.5) is 11.4 Å². The summed E-state index contributed by atoms with van der Waals surface area (Å²) in [5.41, 5.74) is 5.11. The van der Waals surface area contributed by atoms with Gasteiger partial charge in [0, 0.05) is 50.7 Å². The number of rotatable bonds is 5. The summed E-state index contributed by atoms with van der Waals surface area (Å²) >= 11 is 0. The Morgan fingerprint density at radius 2 is 1.81 bits per heavy atom. The molecule has 2 heterocycles. The zero-order valence-electron chi connectivity index (χ0n) is 19.2. The van der Waals surface area contributed by atoms with E-state index < -0.39 is 0 Å². The lowest BCUT2D eigenvalue weighted by molar-refractivity contribution is -0.129. The smallest absolute Gasteiger partial charge is 0.226 e. The molecule has 0 saturated carbocycles. The number of hydrogen-bond acceptors (Lipinski definition) is 4. The van der Waals surface area contributed by atoms with Crippen molar-refractivity contribution < 1.29 is 9.59 Å². The van der Waals surface area contributed by atoms with E-state index in [1.54, 1.807) is 11.1 Å². The van der Waals surface area contributed by atoms with Crippen molar-refractivity contribution in [2.24, 2.45) is 0 Å². The van der Waals surface area contributed by atoms with Crippen LogP contribution >= 0.6 is 0 Å². The van der Waals surface area contributed by atoms with Crippen molar-refractivity contribution in [2.75, 3.05) is 42.9 Å². The Balaban J connectivity index is 1.45. The summed E-state index contributed by atoms with van der Waals surface area (Å²) in [4.78, 5) is 31.7. The van der Waals surface area contributed by atoms with E-state index >= 15 is 0 Å². The predicted octanol–water partition coefficient (Wildman–Crippen LogP) is 4.04. The topological polar surface area (TPSA) is 55.9 Å². The van der Waals surface area contributed by atoms with Crippen molar-refractivity contribution in [3.8, 4) is 0 Å². The molecule has 2 aliphatic rings. The molecule has 1 atom stereocenters. The molecule has 2 aromatic rings. The highest BCUT2D eigenvalue weighted by molar-refractivity contribution is 5.93. The second kappa shape index (κ2) is 9.57. The zero-order chi connectivity index (χ0) is 22.7. The molecule has 1 fully saturated rings. The fourth-order valence-corrected chi connectivity index (χ4v) is 4.60. The van der Waals surface area contributed by atoms with Crippen LogP contribution in [0.1, 0.15) is 43.0 Å². The Morgan fingerprint density at radius 1 is 1.06 bits per heavy atom. The first kappa shape index (κ1) is 22.1. The summed E-state index contributed by atoms with van der Waals surface area (Å²) in [5, 5.41) is 3.07. The highest BCUT2D eigenvalue weighted by atomic mass is 16.2. The van der Waals surface area contributed by atoms with Crippen molar-refractivity contribution in [1.82, 2.24) is 9.80 Å². The van der Waals surface area contributed by atoms with E-state index in [-0.39, 0.29) is 24.3 Å². The average Bonchev–Trinajstić information content (AvgIpc) is 2.80. The van der Waals surface area contributed by atoms with E-state index in [1.165, 1.54) is 12.6 Å². The van der Waals surface area contributed by atoms with Crippen molar-refractivity contribution in [2.45, 2.75) is 33.2 Å². The summed E-state index contributed by atoms with van der Waals surface area (Å²) in [6.45, 7) is 11.1. The molecule has 0 spiro atoms. The highest BCUT2D eigenvalue weighted by Gasteiger charge is 2.28. The van der Waals surface area contributed by atoms with Crippen LogP contribution in [0.15, 0.2) is 48.7 Å². The molecule has 2 amide bonds. The van der Waals surface area contributed by atoms with Crippen molar-refractivity contribution >= 4 is 29.3 Å². The first-order valence-electron chi connectivity index (χ1n) is 11.4. The van der Waals surface area contributed by atoms with Gasteiger partial charge in [0.2, 0.25) is 11.8 Å². The number of nitrogens with zero attached hydrogens (tertiary/aromatic N) is 3. The number of piperazine rings is 1. The predicted molar refractivity (Wildman–Crippen MR) is 129 cm³/mol. The fourth-order valence-electron chi connectivity index (χ4n) is 4.60. The molecule has 4 rings (SSSR count). The number of hydrogen-bond donors (Lipinski definition) is 1. The van der Waals surface area contributed by atoms with E-state index in [2.05, 4.69) is 34.2 Å². The Morgan fingerprint density at radius 3 is 2.50 bits per heavy atom. The molecule has 0 bridgehead atoms. The van der Waals surface area contributed by atoms with Crippen LogP contribution in [0, 0.1) is 6.92 Å². The third kappa shape index (κ3) is 4.70. The van der Waals surface area contributed by atoms with E-state index in [1.807, 2.05) is 43.3 Å². The van der Waals surface area contributed by atoms with Crippen LogP contribution in [0.5, 0.6) is 0 Å². The monoisotopic (exact) mass is 432 g/mol. The number of benzene rings is 2. The minimum atomic E-state index is -0.303. The number of amides is 2. The molecular formula is C26H32N4O2. The van der Waals surface area contributed by atoms with E-state index in [0.29, 0.717) is 0 Å². The number of nitrogens with one attached hydrogen (secondary N) is 1. The number of carbonyl (C=O) groups excluding carboxylic acids is 2. The molecule has 2 aromatic carbocycles. The minimum absolute atomic E-state index is 0.0720. The van der Waals surface area contributed by atoms with Gasteiger partial charge in [-0.1, -0.05) is 31.2 Å². The van der Waals surface area contributed by atoms with Gasteiger partial charge < -0.3 is 20.0 Å². The molecular weight excluding hydrogens is 400 g/mol. The van der Waals surface area contributed by atoms with Gasteiger partial charge in [-0.3, -0.25) is 9.59 Å². The lowest BCUT2D eigenvalue weighted by Crippen LogP contribution is -2.46. The van der Waals surface area contributed by atoms with Crippen molar-refractivity contribution in [1.29, 1.82) is 0 Å². The fraction of sp³-hybridized carbons (Fsp3) is 0.385. The quantitative estimate of drug-likeness (QED) is 0.775. The van der Waals surface area contributed by atoms with E-state index in [0.717, 1.165) is 55.1 Å². The molecule has 6 heteroatoms. The van der Waals surface area contributed by atoms with Crippen molar-refractivity contribution in [3.05, 3.63) is 65.4 Å². The highest BCUT2D eigenvalue weighted by Crippen LogP contribution is 2.33. The SMILES string of the molecule is CCN1CCN(c2ccc(NC(=O)CC3c4ccccc4C=CN3C(C)=O)c(C)c2)CC1. The van der Waals surface area contributed by atoms with Gasteiger partial charge in [0.25, 0.3) is 0 Å². The van der Waals surface area contributed by atoms with Gasteiger partial charge in [0.05, 0.1) is 12.5 Å². The lowest BCUT2D eigenvalue weighted by atomic mass is 9.93. The Labute approximate surface area is 190 Å². The maximum absolute atomic E-state index is 13.0. The summed E-state index contributed by atoms with van der Waals surface area (Å²) in [6, 6.07) is 13.8. The Bertz CT molecular complexity index is 1020. The summed E-state index contributed by atoms with van der Waals surface area (Å²) in [7, 11) is 0. The van der Waals surface area contributed by atoms with Crippen LogP contribution in [0.25, 0.3) is 6.08 Å². The van der Waals surface area contributed by atoms with Gasteiger partial charge >= 0.3 is 0 Å². The summed E-state index contributed by atoms with van der Waals surface area (Å²) in [5.74, 6) is -0.170. The number of anilines is 2. The second-order valence-electron chi connectivity index (χ2n) is 8.56. The second-order valence-corrected chi connectivity index (χ2v) is 8.56. The first-order chi connectivity index (χ1) is 15.5. The molecule has 1 saturated heterocycles. The van der Waals surface area contributed by atoms with Gasteiger partial charge in [-0.15, -0.1) is 0 Å². The van der Waals surface area contributed by atoms with Gasteiger partial charge in [-0.2, -0.15) is 0 Å². The first-order valence-corrected chi connectivity index (χ1v) is 11.4. The van der Waals surface area contributed by atoms with Crippen LogP contribution in [-0.4, -0.2) is 54.3 Å². The van der Waals surface area contributed by atoms with Gasteiger partial charge in [-0.25, -0.2) is 0 Å². The molecule has 2 aliphatic heterocycles. The third-order valence-corrected chi connectivity index (χ3v) is 6.52. The lowest BCUT2D eigenvalue weighted by Gasteiger charge is -2.35. The van der Waals surface area contributed by atoms with Gasteiger partial charge in [0.15, 0.2) is 0 Å². The average molecular weight is 433 g/mol. The van der Waals surface area contributed by atoms with E-state index in [4.69, 9.17) is 0 Å². The zero-order valence-corrected chi connectivity index (χ0v) is 19.2.